The number of rotatable bonds is 6. The van der Waals surface area contributed by atoms with Crippen LogP contribution in [0.2, 0.25) is 0 Å². The Kier molecular flexibility index (Phi) is 6.13. The van der Waals surface area contributed by atoms with E-state index in [9.17, 15) is 19.6 Å². The Morgan fingerprint density at radius 2 is 2.12 bits per heavy atom. The molecule has 3 heterocycles. The summed E-state index contributed by atoms with van der Waals surface area (Å²) in [6.07, 6.45) is 4.11. The van der Waals surface area contributed by atoms with Crippen LogP contribution in [0.15, 0.2) is 11.1 Å². The van der Waals surface area contributed by atoms with Gasteiger partial charge < -0.3 is 10.1 Å². The maximum Gasteiger partial charge on any atom is 0.348 e. The van der Waals surface area contributed by atoms with E-state index in [1.807, 2.05) is 13.8 Å². The Labute approximate surface area is 192 Å². The molecular weight excluding hydrogens is 448 g/mol. The second kappa shape index (κ2) is 8.84. The van der Waals surface area contributed by atoms with Gasteiger partial charge in [0, 0.05) is 4.88 Å². The molecule has 0 spiro atoms. The average Bonchev–Trinajstić information content (AvgIpc) is 3.41. The molecule has 0 aromatic carbocycles. The van der Waals surface area contributed by atoms with Crippen molar-refractivity contribution in [1.82, 2.24) is 9.55 Å². The molecule has 0 unspecified atom stereocenters. The Morgan fingerprint density at radius 3 is 2.84 bits per heavy atom. The summed E-state index contributed by atoms with van der Waals surface area (Å²) in [7, 11) is 0. The van der Waals surface area contributed by atoms with Crippen LogP contribution in [-0.4, -0.2) is 28.0 Å². The lowest BCUT2D eigenvalue weighted by Gasteiger charge is -2.07. The zero-order valence-electron chi connectivity index (χ0n) is 18.0. The van der Waals surface area contributed by atoms with E-state index < -0.39 is 17.4 Å². The van der Waals surface area contributed by atoms with Crippen LogP contribution in [-0.2, 0) is 28.9 Å². The highest BCUT2D eigenvalue weighted by Crippen LogP contribution is 2.38. The molecule has 166 valence electrons. The Balaban J connectivity index is 1.56. The molecule has 0 fully saturated rings. The first-order valence-electron chi connectivity index (χ1n) is 10.3. The Hall–Kier alpha value is -3.03. The van der Waals surface area contributed by atoms with Crippen molar-refractivity contribution in [3.8, 4) is 6.07 Å². The summed E-state index contributed by atoms with van der Waals surface area (Å²) >= 11 is 2.54. The maximum absolute atomic E-state index is 13.0. The number of hydrogen-bond acceptors (Lipinski definition) is 8. The molecule has 10 heteroatoms. The van der Waals surface area contributed by atoms with Gasteiger partial charge in [0.2, 0.25) is 5.91 Å². The third-order valence-electron chi connectivity index (χ3n) is 5.25. The highest BCUT2D eigenvalue weighted by atomic mass is 32.1. The van der Waals surface area contributed by atoms with Gasteiger partial charge in [0.05, 0.1) is 23.9 Å². The van der Waals surface area contributed by atoms with Gasteiger partial charge in [-0.15, -0.1) is 22.7 Å². The lowest BCUT2D eigenvalue weighted by molar-refractivity contribution is -0.116. The van der Waals surface area contributed by atoms with E-state index in [0.717, 1.165) is 41.0 Å². The van der Waals surface area contributed by atoms with Gasteiger partial charge >= 0.3 is 5.97 Å². The second-order valence-corrected chi connectivity index (χ2v) is 10.2. The number of aryl methyl sites for hydroxylation is 2. The smallest absolute Gasteiger partial charge is 0.348 e. The van der Waals surface area contributed by atoms with Gasteiger partial charge in [-0.1, -0.05) is 13.8 Å². The monoisotopic (exact) mass is 470 g/mol. The lowest BCUT2D eigenvalue weighted by Crippen LogP contribution is -2.27. The van der Waals surface area contributed by atoms with E-state index in [0.29, 0.717) is 37.8 Å². The van der Waals surface area contributed by atoms with Crippen LogP contribution in [0.25, 0.3) is 10.2 Å². The van der Waals surface area contributed by atoms with Crippen molar-refractivity contribution in [2.24, 2.45) is 5.92 Å². The number of fused-ring (bicyclic) bond motifs is 2. The lowest BCUT2D eigenvalue weighted by atomic mass is 10.1. The first kappa shape index (κ1) is 22.2. The molecule has 0 radical (unpaired) electrons. The van der Waals surface area contributed by atoms with Crippen LogP contribution in [0.4, 0.5) is 5.00 Å². The largest absolute Gasteiger partial charge is 0.461 e. The summed E-state index contributed by atoms with van der Waals surface area (Å²) in [4.78, 5) is 44.3. The minimum Gasteiger partial charge on any atom is -0.461 e. The number of anilines is 1. The zero-order chi connectivity index (χ0) is 23.0. The average molecular weight is 471 g/mol. The standard InChI is InChI=1S/C22H22N4O4S2/c1-11(2)9-30-22(29)18-12(3)17-20(32-18)24-10-26(21(17)28)8-16(27)25-19-14(7-23)13-5-4-6-15(13)31-19/h10-11H,4-6,8-9H2,1-3H3,(H,25,27). The zero-order valence-corrected chi connectivity index (χ0v) is 19.6. The van der Waals surface area contributed by atoms with Crippen LogP contribution in [0.3, 0.4) is 0 Å². The van der Waals surface area contributed by atoms with E-state index in [-0.39, 0.29) is 12.5 Å². The number of hydrogen-bond donors (Lipinski definition) is 1. The fraction of sp³-hybridized carbons (Fsp3) is 0.409. The summed E-state index contributed by atoms with van der Waals surface area (Å²) in [5.74, 6) is -0.680. The minimum absolute atomic E-state index is 0.202. The highest BCUT2D eigenvalue weighted by molar-refractivity contribution is 7.20. The van der Waals surface area contributed by atoms with Gasteiger partial charge in [0.1, 0.15) is 27.3 Å². The number of nitriles is 1. The fourth-order valence-corrected chi connectivity index (χ4v) is 5.99. The van der Waals surface area contributed by atoms with Crippen molar-refractivity contribution in [3.05, 3.63) is 43.1 Å². The van der Waals surface area contributed by atoms with E-state index in [1.165, 1.54) is 22.2 Å². The van der Waals surface area contributed by atoms with Crippen molar-refractivity contribution in [2.75, 3.05) is 11.9 Å². The minimum atomic E-state index is -0.474. The van der Waals surface area contributed by atoms with Gasteiger partial charge in [0.25, 0.3) is 5.56 Å². The van der Waals surface area contributed by atoms with Crippen LogP contribution >= 0.6 is 22.7 Å². The predicted molar refractivity (Wildman–Crippen MR) is 123 cm³/mol. The number of thiophene rings is 2. The topological polar surface area (TPSA) is 114 Å². The number of carbonyl (C=O) groups excluding carboxylic acids is 2. The number of amides is 1. The Bertz CT molecular complexity index is 1330. The molecule has 0 bridgehead atoms. The molecule has 0 aliphatic heterocycles. The van der Waals surface area contributed by atoms with Crippen molar-refractivity contribution >= 4 is 49.8 Å². The molecule has 0 saturated carbocycles. The summed E-state index contributed by atoms with van der Waals surface area (Å²) in [5.41, 5.74) is 1.66. The van der Waals surface area contributed by atoms with E-state index in [2.05, 4.69) is 16.4 Å². The van der Waals surface area contributed by atoms with Gasteiger partial charge in [0.15, 0.2) is 0 Å². The molecule has 3 aromatic heterocycles. The first-order chi connectivity index (χ1) is 15.3. The van der Waals surface area contributed by atoms with Crippen molar-refractivity contribution in [1.29, 1.82) is 5.26 Å². The molecule has 0 atom stereocenters. The summed E-state index contributed by atoms with van der Waals surface area (Å²) in [6, 6.07) is 2.19. The molecule has 1 N–H and O–H groups in total. The summed E-state index contributed by atoms with van der Waals surface area (Å²) < 4.78 is 6.51. The summed E-state index contributed by atoms with van der Waals surface area (Å²) in [5, 5.41) is 13.1. The Morgan fingerprint density at radius 1 is 1.34 bits per heavy atom. The molecule has 32 heavy (non-hydrogen) atoms. The molecule has 1 amide bonds. The van der Waals surface area contributed by atoms with E-state index in [4.69, 9.17) is 4.74 Å². The number of esters is 1. The molecular formula is C22H22N4O4S2. The SMILES string of the molecule is Cc1c(C(=O)OCC(C)C)sc2ncn(CC(=O)Nc3sc4c(c3C#N)CCC4)c(=O)c12. The van der Waals surface area contributed by atoms with Gasteiger partial charge in [-0.2, -0.15) is 5.26 Å². The van der Waals surface area contributed by atoms with Crippen molar-refractivity contribution in [2.45, 2.75) is 46.6 Å². The molecule has 1 aliphatic rings. The molecule has 3 aromatic rings. The normalized spacial score (nSPS) is 12.7. The third-order valence-corrected chi connectivity index (χ3v) is 7.64. The number of nitrogens with one attached hydrogen (secondary N) is 1. The quantitative estimate of drug-likeness (QED) is 0.550. The predicted octanol–water partition coefficient (Wildman–Crippen LogP) is 3.64. The van der Waals surface area contributed by atoms with Crippen LogP contribution in [0.5, 0.6) is 0 Å². The van der Waals surface area contributed by atoms with Gasteiger partial charge in [-0.3, -0.25) is 14.2 Å². The van der Waals surface area contributed by atoms with Crippen molar-refractivity contribution in [3.63, 3.8) is 0 Å². The number of ether oxygens (including phenoxy) is 1. The second-order valence-electron chi connectivity index (χ2n) is 8.13. The molecule has 8 nitrogen and oxygen atoms in total. The number of carbonyl (C=O) groups is 2. The number of aromatic nitrogens is 2. The van der Waals surface area contributed by atoms with Crippen LogP contribution < -0.4 is 10.9 Å². The van der Waals surface area contributed by atoms with Crippen LogP contribution in [0.1, 0.15) is 51.5 Å². The van der Waals surface area contributed by atoms with Gasteiger partial charge in [-0.05, 0) is 43.2 Å². The van der Waals surface area contributed by atoms with Crippen LogP contribution in [0, 0.1) is 24.2 Å². The molecule has 1 aliphatic carbocycles. The third kappa shape index (κ3) is 4.06. The van der Waals surface area contributed by atoms with E-state index >= 15 is 0 Å². The highest BCUT2D eigenvalue weighted by Gasteiger charge is 2.24. The maximum atomic E-state index is 13.0. The number of nitrogens with zero attached hydrogens (tertiary/aromatic N) is 3. The first-order valence-corrected chi connectivity index (χ1v) is 11.9. The van der Waals surface area contributed by atoms with Crippen molar-refractivity contribution < 1.29 is 14.3 Å². The van der Waals surface area contributed by atoms with Gasteiger partial charge in [-0.25, -0.2) is 9.78 Å². The molecule has 4 rings (SSSR count). The fourth-order valence-electron chi connectivity index (χ4n) is 3.71. The summed E-state index contributed by atoms with van der Waals surface area (Å²) in [6.45, 7) is 5.63. The molecule has 0 saturated heterocycles. The van der Waals surface area contributed by atoms with E-state index in [1.54, 1.807) is 6.92 Å².